The molecule has 3 aromatic rings. The molecular formula is C31H30BrClN4O6S. The number of rotatable bonds is 12. The first-order valence-electron chi connectivity index (χ1n) is 13.4. The number of hydrogen-bond donors (Lipinski definition) is 3. The molecule has 0 bridgehead atoms. The number of carbonyl (C=O) groups is 2. The number of hydrogen-bond acceptors (Lipinski definition) is 8. The van der Waals surface area contributed by atoms with E-state index in [0.717, 1.165) is 10.0 Å². The van der Waals surface area contributed by atoms with Crippen LogP contribution in [0.2, 0.25) is 5.02 Å². The molecule has 0 radical (unpaired) electrons. The van der Waals surface area contributed by atoms with Gasteiger partial charge in [-0.25, -0.2) is 10.2 Å². The van der Waals surface area contributed by atoms with E-state index in [2.05, 4.69) is 37.1 Å². The van der Waals surface area contributed by atoms with Crippen LogP contribution in [0.1, 0.15) is 36.6 Å². The summed E-state index contributed by atoms with van der Waals surface area (Å²) in [4.78, 5) is 25.5. The van der Waals surface area contributed by atoms with Crippen LogP contribution in [0.25, 0.3) is 0 Å². The minimum absolute atomic E-state index is 0.196. The number of thiocarbonyl (C=S) groups is 1. The average Bonchev–Trinajstić information content (AvgIpc) is 2.99. The summed E-state index contributed by atoms with van der Waals surface area (Å²) in [5, 5.41) is 11.1. The first-order valence-corrected chi connectivity index (χ1v) is 15.0. The fourth-order valence-electron chi connectivity index (χ4n) is 4.36. The van der Waals surface area contributed by atoms with Gasteiger partial charge in [0.05, 0.1) is 31.5 Å². The Labute approximate surface area is 273 Å². The summed E-state index contributed by atoms with van der Waals surface area (Å²) >= 11 is 15.1. The van der Waals surface area contributed by atoms with Gasteiger partial charge < -0.3 is 29.6 Å². The molecular weight excluding hydrogens is 672 g/mol. The Morgan fingerprint density at radius 3 is 2.61 bits per heavy atom. The maximum Gasteiger partial charge on any atom is 0.338 e. The third-order valence-electron chi connectivity index (χ3n) is 6.34. The van der Waals surface area contributed by atoms with E-state index in [0.29, 0.717) is 49.8 Å². The number of allylic oxidation sites excluding steroid dienone is 1. The topological polar surface area (TPSA) is 120 Å². The quantitative estimate of drug-likeness (QED) is 0.0964. The second kappa shape index (κ2) is 15.6. The van der Waals surface area contributed by atoms with Gasteiger partial charge in [-0.1, -0.05) is 63.9 Å². The van der Waals surface area contributed by atoms with E-state index in [1.165, 1.54) is 13.3 Å². The van der Waals surface area contributed by atoms with Crippen molar-refractivity contribution in [2.45, 2.75) is 26.5 Å². The third kappa shape index (κ3) is 8.28. The molecule has 0 unspecified atom stereocenters. The molecule has 4 rings (SSSR count). The van der Waals surface area contributed by atoms with Crippen molar-refractivity contribution in [2.24, 2.45) is 5.10 Å². The number of nitrogens with one attached hydrogen (secondary N) is 3. The van der Waals surface area contributed by atoms with Gasteiger partial charge >= 0.3 is 5.97 Å². The number of para-hydroxylation sites is 1. The standard InChI is InChI=1S/C31H30BrClN4O6S/c1-4-41-30(39)27-18(2)35-31(44)36-28(27)22-10-6-8-12-24(22)42-17-26(38)37-34-15-20-13-21(32)14-25(40-3)29(20)43-16-19-9-5-7-11-23(19)33/h5-15,28H,4,16-17H2,1-3H3,(H,37,38)(H2,35,36,44)/t28-/m0/s1. The Morgan fingerprint density at radius 1 is 1.11 bits per heavy atom. The summed E-state index contributed by atoms with van der Waals surface area (Å²) in [7, 11) is 1.53. The number of esters is 1. The summed E-state index contributed by atoms with van der Waals surface area (Å²) in [6.45, 7) is 3.54. The van der Waals surface area contributed by atoms with E-state index >= 15 is 0 Å². The van der Waals surface area contributed by atoms with E-state index in [1.807, 2.05) is 18.2 Å². The largest absolute Gasteiger partial charge is 0.493 e. The summed E-state index contributed by atoms with van der Waals surface area (Å²) in [5.74, 6) is 0.278. The molecule has 1 aliphatic heterocycles. The zero-order chi connectivity index (χ0) is 31.6. The number of carbonyl (C=O) groups excluding carboxylic acids is 2. The second-order valence-corrected chi connectivity index (χ2v) is 11.0. The van der Waals surface area contributed by atoms with Crippen LogP contribution in [-0.2, 0) is 20.9 Å². The first-order chi connectivity index (χ1) is 21.2. The Hall–Kier alpha value is -4.13. The molecule has 230 valence electrons. The van der Waals surface area contributed by atoms with Crippen molar-refractivity contribution < 1.29 is 28.5 Å². The fraction of sp³-hybridized carbons (Fsp3) is 0.226. The third-order valence-corrected chi connectivity index (χ3v) is 7.39. The van der Waals surface area contributed by atoms with E-state index < -0.39 is 17.9 Å². The van der Waals surface area contributed by atoms with Crippen molar-refractivity contribution in [1.82, 2.24) is 16.1 Å². The highest BCUT2D eigenvalue weighted by Crippen LogP contribution is 2.36. The molecule has 44 heavy (non-hydrogen) atoms. The Kier molecular flexibility index (Phi) is 11.6. The van der Waals surface area contributed by atoms with Gasteiger partial charge in [0.15, 0.2) is 23.2 Å². The number of methoxy groups -OCH3 is 1. The number of ether oxygens (including phenoxy) is 4. The van der Waals surface area contributed by atoms with Gasteiger partial charge in [0.2, 0.25) is 0 Å². The molecule has 13 heteroatoms. The van der Waals surface area contributed by atoms with Crippen LogP contribution in [-0.4, -0.2) is 43.5 Å². The molecule has 0 aromatic heterocycles. The van der Waals surface area contributed by atoms with Gasteiger partial charge in [-0.15, -0.1) is 0 Å². The smallest absolute Gasteiger partial charge is 0.338 e. The van der Waals surface area contributed by atoms with Crippen molar-refractivity contribution in [3.8, 4) is 17.2 Å². The number of halogens is 2. The van der Waals surface area contributed by atoms with Gasteiger partial charge in [0.1, 0.15) is 12.4 Å². The summed E-state index contributed by atoms with van der Waals surface area (Å²) < 4.78 is 23.4. The normalized spacial score (nSPS) is 14.5. The first kappa shape index (κ1) is 32.8. The predicted octanol–water partition coefficient (Wildman–Crippen LogP) is 5.58. The highest BCUT2D eigenvalue weighted by Gasteiger charge is 2.32. The lowest BCUT2D eigenvalue weighted by molar-refractivity contribution is -0.139. The minimum atomic E-state index is -0.643. The second-order valence-electron chi connectivity index (χ2n) is 9.32. The lowest BCUT2D eigenvalue weighted by Gasteiger charge is -2.30. The molecule has 1 aliphatic rings. The van der Waals surface area contributed by atoms with Crippen molar-refractivity contribution >= 4 is 63.0 Å². The van der Waals surface area contributed by atoms with Crippen molar-refractivity contribution in [3.05, 3.63) is 98.1 Å². The molecule has 1 amide bonds. The van der Waals surface area contributed by atoms with Gasteiger partial charge in [-0.3, -0.25) is 4.79 Å². The van der Waals surface area contributed by atoms with E-state index in [9.17, 15) is 9.59 Å². The van der Waals surface area contributed by atoms with Crippen LogP contribution >= 0.6 is 39.7 Å². The SMILES string of the molecule is CCOC(=O)C1=C(C)NC(=S)N[C@H]1c1ccccc1OCC(=O)NN=Cc1cc(Br)cc(OC)c1OCc1ccccc1Cl. The van der Waals surface area contributed by atoms with Crippen molar-refractivity contribution in [3.63, 3.8) is 0 Å². The van der Waals surface area contributed by atoms with Crippen molar-refractivity contribution in [1.29, 1.82) is 0 Å². The van der Waals surface area contributed by atoms with Crippen LogP contribution in [0.15, 0.2) is 81.5 Å². The van der Waals surface area contributed by atoms with Gasteiger partial charge in [0, 0.05) is 31.9 Å². The van der Waals surface area contributed by atoms with Crippen LogP contribution in [0.3, 0.4) is 0 Å². The van der Waals surface area contributed by atoms with Gasteiger partial charge in [-0.2, -0.15) is 5.10 Å². The zero-order valence-corrected chi connectivity index (χ0v) is 27.3. The summed E-state index contributed by atoms with van der Waals surface area (Å²) in [6.07, 6.45) is 1.44. The Balaban J connectivity index is 1.46. The predicted molar refractivity (Wildman–Crippen MR) is 175 cm³/mol. The van der Waals surface area contributed by atoms with Crippen LogP contribution < -0.4 is 30.3 Å². The van der Waals surface area contributed by atoms with E-state index in [-0.39, 0.29) is 19.8 Å². The molecule has 0 saturated carbocycles. The molecule has 0 aliphatic carbocycles. The molecule has 1 heterocycles. The highest BCUT2D eigenvalue weighted by atomic mass is 79.9. The molecule has 3 N–H and O–H groups in total. The summed E-state index contributed by atoms with van der Waals surface area (Å²) in [6, 6.07) is 17.3. The maximum absolute atomic E-state index is 12.8. The van der Waals surface area contributed by atoms with Gasteiger partial charge in [0.25, 0.3) is 5.91 Å². The minimum Gasteiger partial charge on any atom is -0.493 e. The molecule has 10 nitrogen and oxygen atoms in total. The average molecular weight is 702 g/mol. The number of hydrazone groups is 1. The van der Waals surface area contributed by atoms with Crippen molar-refractivity contribution in [2.75, 3.05) is 20.3 Å². The maximum atomic E-state index is 12.8. The van der Waals surface area contributed by atoms with Crippen LogP contribution in [0.5, 0.6) is 17.2 Å². The number of benzene rings is 3. The molecule has 0 fully saturated rings. The Bertz CT molecular complexity index is 1620. The Morgan fingerprint density at radius 2 is 1.86 bits per heavy atom. The molecule has 0 spiro atoms. The van der Waals surface area contributed by atoms with E-state index in [4.69, 9.17) is 42.8 Å². The van der Waals surface area contributed by atoms with Crippen LogP contribution in [0.4, 0.5) is 0 Å². The fourth-order valence-corrected chi connectivity index (χ4v) is 5.28. The summed E-state index contributed by atoms with van der Waals surface area (Å²) in [5.41, 5.74) is 5.36. The highest BCUT2D eigenvalue weighted by molar-refractivity contribution is 9.10. The molecule has 0 saturated heterocycles. The number of amides is 1. The number of nitrogens with zero attached hydrogens (tertiary/aromatic N) is 1. The van der Waals surface area contributed by atoms with Crippen LogP contribution in [0, 0.1) is 0 Å². The lowest BCUT2D eigenvalue weighted by atomic mass is 9.95. The molecule has 3 aromatic carbocycles. The zero-order valence-electron chi connectivity index (χ0n) is 24.1. The van der Waals surface area contributed by atoms with E-state index in [1.54, 1.807) is 56.3 Å². The van der Waals surface area contributed by atoms with Gasteiger partial charge in [-0.05, 0) is 50.3 Å². The lowest BCUT2D eigenvalue weighted by Crippen LogP contribution is -2.45. The monoisotopic (exact) mass is 700 g/mol. The molecule has 1 atom stereocenters.